The molecule has 0 amide bonds. The Morgan fingerprint density at radius 3 is 2.62 bits per heavy atom. The summed E-state index contributed by atoms with van der Waals surface area (Å²) in [4.78, 5) is 11.7. The first-order valence-electron chi connectivity index (χ1n) is 7.66. The third kappa shape index (κ3) is 5.38. The maximum absolute atomic E-state index is 11.7. The summed E-state index contributed by atoms with van der Waals surface area (Å²) >= 11 is 0. The van der Waals surface area contributed by atoms with Gasteiger partial charge in [-0.15, -0.1) is 0 Å². The van der Waals surface area contributed by atoms with Gasteiger partial charge in [0.1, 0.15) is 5.75 Å². The molecule has 2 atom stereocenters. The van der Waals surface area contributed by atoms with Gasteiger partial charge in [0.2, 0.25) is 0 Å². The summed E-state index contributed by atoms with van der Waals surface area (Å²) in [7, 11) is 0. The summed E-state index contributed by atoms with van der Waals surface area (Å²) in [6, 6.07) is 6.25. The molecule has 0 heterocycles. The molecule has 0 aliphatic rings. The summed E-state index contributed by atoms with van der Waals surface area (Å²) in [5, 5.41) is 3.44. The van der Waals surface area contributed by atoms with E-state index in [0.717, 1.165) is 29.8 Å². The molecule has 4 heteroatoms. The van der Waals surface area contributed by atoms with E-state index in [1.54, 1.807) is 13.8 Å². The lowest BCUT2D eigenvalue weighted by Gasteiger charge is -2.21. The molecule has 0 fully saturated rings. The molecule has 0 bridgehead atoms. The monoisotopic (exact) mass is 293 g/mol. The minimum atomic E-state index is -0.608. The number of aryl methyl sites for hydroxylation is 1. The predicted molar refractivity (Wildman–Crippen MR) is 84.6 cm³/mol. The molecule has 118 valence electrons. The lowest BCUT2D eigenvalue weighted by atomic mass is 10.0. The fourth-order valence-corrected chi connectivity index (χ4v) is 2.07. The second-order valence-electron chi connectivity index (χ2n) is 5.23. The zero-order chi connectivity index (χ0) is 15.8. The maximum Gasteiger partial charge on any atom is 0.347 e. The first kappa shape index (κ1) is 17.5. The Hall–Kier alpha value is -1.55. The second kappa shape index (κ2) is 8.67. The van der Waals surface area contributed by atoms with Crippen molar-refractivity contribution < 1.29 is 14.3 Å². The topological polar surface area (TPSA) is 47.6 Å². The van der Waals surface area contributed by atoms with Gasteiger partial charge in [0, 0.05) is 11.6 Å². The normalized spacial score (nSPS) is 13.6. The average molecular weight is 293 g/mol. The summed E-state index contributed by atoms with van der Waals surface area (Å²) in [6.45, 7) is 11.1. The van der Waals surface area contributed by atoms with Crippen LogP contribution in [0.15, 0.2) is 18.2 Å². The average Bonchev–Trinajstić information content (AvgIpc) is 2.45. The van der Waals surface area contributed by atoms with Crippen LogP contribution in [0.5, 0.6) is 5.75 Å². The third-order valence-corrected chi connectivity index (χ3v) is 3.26. The molecule has 21 heavy (non-hydrogen) atoms. The van der Waals surface area contributed by atoms with Crippen molar-refractivity contribution in [2.24, 2.45) is 0 Å². The first-order chi connectivity index (χ1) is 9.99. The molecule has 0 radical (unpaired) electrons. The van der Waals surface area contributed by atoms with Gasteiger partial charge in [-0.05, 0) is 52.3 Å². The van der Waals surface area contributed by atoms with Gasteiger partial charge in [0.25, 0.3) is 0 Å². The molecule has 0 aliphatic carbocycles. The molecule has 0 spiro atoms. The Bertz CT molecular complexity index is 459. The van der Waals surface area contributed by atoms with E-state index < -0.39 is 6.10 Å². The van der Waals surface area contributed by atoms with Crippen LogP contribution in [0.1, 0.15) is 51.3 Å². The summed E-state index contributed by atoms with van der Waals surface area (Å²) < 4.78 is 10.8. The maximum atomic E-state index is 11.7. The van der Waals surface area contributed by atoms with Crippen LogP contribution in [0.25, 0.3) is 0 Å². The van der Waals surface area contributed by atoms with E-state index in [1.165, 1.54) is 0 Å². The molecule has 1 aromatic carbocycles. The molecule has 4 nitrogen and oxygen atoms in total. The lowest BCUT2D eigenvalue weighted by Crippen LogP contribution is -2.27. The molecule has 2 unspecified atom stereocenters. The van der Waals surface area contributed by atoms with Gasteiger partial charge in [0.15, 0.2) is 6.10 Å². The Kier molecular flexibility index (Phi) is 7.23. The van der Waals surface area contributed by atoms with Gasteiger partial charge in [-0.1, -0.05) is 19.1 Å². The van der Waals surface area contributed by atoms with E-state index >= 15 is 0 Å². The zero-order valence-electron chi connectivity index (χ0n) is 13.7. The number of benzene rings is 1. The Balaban J connectivity index is 2.88. The van der Waals surface area contributed by atoms with E-state index in [4.69, 9.17) is 9.47 Å². The summed E-state index contributed by atoms with van der Waals surface area (Å²) in [5.41, 5.74) is 2.16. The van der Waals surface area contributed by atoms with Crippen molar-refractivity contribution in [3.63, 3.8) is 0 Å². The molecule has 0 aromatic heterocycles. The highest BCUT2D eigenvalue weighted by molar-refractivity contribution is 5.74. The molecule has 1 aromatic rings. The van der Waals surface area contributed by atoms with Crippen molar-refractivity contribution in [2.75, 3.05) is 13.2 Å². The number of rotatable bonds is 8. The van der Waals surface area contributed by atoms with Crippen molar-refractivity contribution in [1.29, 1.82) is 0 Å². The largest absolute Gasteiger partial charge is 0.479 e. The Morgan fingerprint density at radius 1 is 1.29 bits per heavy atom. The number of ether oxygens (including phenoxy) is 2. The number of hydrogen-bond acceptors (Lipinski definition) is 4. The van der Waals surface area contributed by atoms with E-state index in [9.17, 15) is 4.79 Å². The van der Waals surface area contributed by atoms with Crippen LogP contribution in [-0.4, -0.2) is 25.2 Å². The Morgan fingerprint density at radius 2 is 2.00 bits per heavy atom. The van der Waals surface area contributed by atoms with Gasteiger partial charge in [0.05, 0.1) is 6.61 Å². The standard InChI is InChI=1S/C17H27NO3/c1-6-10-18-13(4)15-9-8-12(3)11-16(15)21-14(5)17(19)20-7-2/h8-9,11,13-14,18H,6-7,10H2,1-5H3. The van der Waals surface area contributed by atoms with Crippen molar-refractivity contribution in [2.45, 2.75) is 53.2 Å². The van der Waals surface area contributed by atoms with E-state index in [-0.39, 0.29) is 12.0 Å². The van der Waals surface area contributed by atoms with Crippen molar-refractivity contribution in [1.82, 2.24) is 5.32 Å². The molecule has 0 saturated carbocycles. The van der Waals surface area contributed by atoms with Gasteiger partial charge in [-0.2, -0.15) is 0 Å². The number of esters is 1. The lowest BCUT2D eigenvalue weighted by molar-refractivity contribution is -0.150. The number of hydrogen-bond donors (Lipinski definition) is 1. The highest BCUT2D eigenvalue weighted by Gasteiger charge is 2.19. The van der Waals surface area contributed by atoms with Gasteiger partial charge >= 0.3 is 5.97 Å². The van der Waals surface area contributed by atoms with Crippen LogP contribution in [0.3, 0.4) is 0 Å². The number of carbonyl (C=O) groups is 1. The van der Waals surface area contributed by atoms with E-state index in [2.05, 4.69) is 31.3 Å². The van der Waals surface area contributed by atoms with Gasteiger partial charge in [-0.3, -0.25) is 0 Å². The highest BCUT2D eigenvalue weighted by Crippen LogP contribution is 2.27. The number of carbonyl (C=O) groups excluding carboxylic acids is 1. The minimum absolute atomic E-state index is 0.176. The summed E-state index contributed by atoms with van der Waals surface area (Å²) in [6.07, 6.45) is 0.467. The first-order valence-corrected chi connectivity index (χ1v) is 7.66. The molecule has 0 aliphatic heterocycles. The molecule has 0 saturated heterocycles. The minimum Gasteiger partial charge on any atom is -0.479 e. The van der Waals surface area contributed by atoms with Crippen LogP contribution in [-0.2, 0) is 9.53 Å². The molecule has 1 rings (SSSR count). The van der Waals surface area contributed by atoms with Crippen molar-refractivity contribution in [3.05, 3.63) is 29.3 Å². The quantitative estimate of drug-likeness (QED) is 0.746. The third-order valence-electron chi connectivity index (χ3n) is 3.26. The van der Waals surface area contributed by atoms with E-state index in [0.29, 0.717) is 6.61 Å². The fourth-order valence-electron chi connectivity index (χ4n) is 2.07. The molecular weight excluding hydrogens is 266 g/mol. The SMILES string of the molecule is CCCNC(C)c1ccc(C)cc1OC(C)C(=O)OCC. The number of nitrogens with one attached hydrogen (secondary N) is 1. The second-order valence-corrected chi connectivity index (χ2v) is 5.23. The van der Waals surface area contributed by atoms with Crippen LogP contribution in [0, 0.1) is 6.92 Å². The van der Waals surface area contributed by atoms with Crippen LogP contribution in [0.2, 0.25) is 0 Å². The van der Waals surface area contributed by atoms with Crippen molar-refractivity contribution >= 4 is 5.97 Å². The Labute approximate surface area is 127 Å². The van der Waals surface area contributed by atoms with Gasteiger partial charge < -0.3 is 14.8 Å². The predicted octanol–water partition coefficient (Wildman–Crippen LogP) is 3.39. The molecule has 1 N–H and O–H groups in total. The van der Waals surface area contributed by atoms with E-state index in [1.807, 2.05) is 13.0 Å². The van der Waals surface area contributed by atoms with Crippen LogP contribution >= 0.6 is 0 Å². The highest BCUT2D eigenvalue weighted by atomic mass is 16.6. The van der Waals surface area contributed by atoms with Crippen molar-refractivity contribution in [3.8, 4) is 5.75 Å². The van der Waals surface area contributed by atoms with Crippen LogP contribution in [0.4, 0.5) is 0 Å². The zero-order valence-corrected chi connectivity index (χ0v) is 13.7. The van der Waals surface area contributed by atoms with Crippen LogP contribution < -0.4 is 10.1 Å². The summed E-state index contributed by atoms with van der Waals surface area (Å²) in [5.74, 6) is 0.408. The smallest absolute Gasteiger partial charge is 0.347 e. The van der Waals surface area contributed by atoms with Gasteiger partial charge in [-0.25, -0.2) is 4.79 Å². The molecular formula is C17H27NO3. The fraction of sp³-hybridized carbons (Fsp3) is 0.588.